The monoisotopic (exact) mass is 483 g/mol. The molecule has 1 atom stereocenters. The van der Waals surface area contributed by atoms with Gasteiger partial charge in [0.25, 0.3) is 5.91 Å². The van der Waals surface area contributed by atoms with Crippen LogP contribution in [0.2, 0.25) is 0 Å². The van der Waals surface area contributed by atoms with E-state index in [0.29, 0.717) is 24.5 Å². The number of piperazine rings is 1. The number of ether oxygens (including phenoxy) is 1. The largest absolute Gasteiger partial charge is 0.457 e. The number of rotatable bonds is 7. The van der Waals surface area contributed by atoms with Crippen molar-refractivity contribution in [3.8, 4) is 11.5 Å². The van der Waals surface area contributed by atoms with Crippen molar-refractivity contribution in [3.05, 3.63) is 76.5 Å². The fraction of sp³-hybridized carbons (Fsp3) is 0.280. The molecule has 6 nitrogen and oxygen atoms in total. The predicted octanol–water partition coefficient (Wildman–Crippen LogP) is 4.59. The molecule has 4 rings (SSSR count). The van der Waals surface area contributed by atoms with Crippen LogP contribution in [-0.4, -0.2) is 48.8 Å². The first-order valence-electron chi connectivity index (χ1n) is 10.8. The Balaban J connectivity index is 1.71. The van der Waals surface area contributed by atoms with Crippen LogP contribution in [0.1, 0.15) is 16.5 Å². The van der Waals surface area contributed by atoms with Gasteiger partial charge in [0.1, 0.15) is 23.4 Å². The molecule has 0 aliphatic carbocycles. The summed E-state index contributed by atoms with van der Waals surface area (Å²) in [5.41, 5.74) is 1.46. The molecule has 1 fully saturated rings. The molecule has 172 valence electrons. The Morgan fingerprint density at radius 2 is 1.85 bits per heavy atom. The third kappa shape index (κ3) is 5.38. The molecule has 2 aromatic carbocycles. The van der Waals surface area contributed by atoms with E-state index in [0.717, 1.165) is 29.3 Å². The lowest BCUT2D eigenvalue weighted by Crippen LogP contribution is -2.52. The Kier molecular flexibility index (Phi) is 7.65. The highest BCUT2D eigenvalue weighted by Gasteiger charge is 2.36. The van der Waals surface area contributed by atoms with E-state index in [1.165, 1.54) is 11.3 Å². The highest BCUT2D eigenvalue weighted by molar-refractivity contribution is 7.10. The van der Waals surface area contributed by atoms with Crippen molar-refractivity contribution in [3.63, 3.8) is 0 Å². The van der Waals surface area contributed by atoms with Crippen molar-refractivity contribution < 1.29 is 14.3 Å². The third-order valence-electron chi connectivity index (χ3n) is 5.52. The summed E-state index contributed by atoms with van der Waals surface area (Å²) in [6, 6.07) is 18.0. The molecule has 1 unspecified atom stereocenters. The first-order valence-corrected chi connectivity index (χ1v) is 12.2. The molecular weight excluding hydrogens is 458 g/mol. The number of thiophene rings is 1. The SMILES string of the molecule is Cc1cc(Oc2ccccc2)ccc1N(C(=O)CCl)C(C(=O)N1CCNCC1)c1cccs1. The Morgan fingerprint density at radius 3 is 2.48 bits per heavy atom. The maximum Gasteiger partial charge on any atom is 0.251 e. The smallest absolute Gasteiger partial charge is 0.251 e. The van der Waals surface area contributed by atoms with Crippen LogP contribution in [0.5, 0.6) is 11.5 Å². The van der Waals surface area contributed by atoms with Crippen LogP contribution in [0.25, 0.3) is 0 Å². The number of aryl methyl sites for hydroxylation is 1. The summed E-state index contributed by atoms with van der Waals surface area (Å²) in [6.45, 7) is 4.58. The normalized spacial score (nSPS) is 14.5. The van der Waals surface area contributed by atoms with Crippen LogP contribution in [0.15, 0.2) is 66.0 Å². The molecule has 0 radical (unpaired) electrons. The zero-order valence-corrected chi connectivity index (χ0v) is 19.9. The second kappa shape index (κ2) is 10.8. The third-order valence-corrected chi connectivity index (χ3v) is 6.68. The summed E-state index contributed by atoms with van der Waals surface area (Å²) in [6.07, 6.45) is 0. The van der Waals surface area contributed by atoms with Gasteiger partial charge >= 0.3 is 0 Å². The molecule has 1 N–H and O–H groups in total. The molecule has 2 heterocycles. The minimum absolute atomic E-state index is 0.0959. The summed E-state index contributed by atoms with van der Waals surface area (Å²) < 4.78 is 5.95. The molecule has 0 bridgehead atoms. The van der Waals surface area contributed by atoms with Crippen molar-refractivity contribution in [1.29, 1.82) is 0 Å². The van der Waals surface area contributed by atoms with Gasteiger partial charge in [-0.3, -0.25) is 14.5 Å². The molecular formula is C25H26ClN3O3S. The number of hydrogen-bond donors (Lipinski definition) is 1. The van der Waals surface area contributed by atoms with Crippen LogP contribution in [-0.2, 0) is 9.59 Å². The number of carbonyl (C=O) groups is 2. The van der Waals surface area contributed by atoms with Gasteiger partial charge in [-0.1, -0.05) is 24.3 Å². The van der Waals surface area contributed by atoms with E-state index in [1.54, 1.807) is 4.90 Å². The molecule has 1 aromatic heterocycles. The molecule has 0 spiro atoms. The highest BCUT2D eigenvalue weighted by Crippen LogP contribution is 2.36. The van der Waals surface area contributed by atoms with E-state index < -0.39 is 6.04 Å². The number of alkyl halides is 1. The quantitative estimate of drug-likeness (QED) is 0.499. The maximum atomic E-state index is 13.7. The summed E-state index contributed by atoms with van der Waals surface area (Å²) in [5.74, 6) is 0.739. The van der Waals surface area contributed by atoms with Crippen molar-refractivity contribution >= 4 is 40.4 Å². The van der Waals surface area contributed by atoms with Crippen LogP contribution in [0, 0.1) is 6.92 Å². The Bertz CT molecular complexity index is 1090. The molecule has 1 saturated heterocycles. The zero-order chi connectivity index (χ0) is 23.2. The average Bonchev–Trinajstić information content (AvgIpc) is 3.38. The lowest BCUT2D eigenvalue weighted by molar-refractivity contribution is -0.135. The van der Waals surface area contributed by atoms with Gasteiger partial charge in [-0.15, -0.1) is 22.9 Å². The number of amides is 2. The minimum atomic E-state index is -0.769. The maximum absolute atomic E-state index is 13.7. The van der Waals surface area contributed by atoms with Crippen LogP contribution in [0.3, 0.4) is 0 Å². The van der Waals surface area contributed by atoms with Gasteiger partial charge in [-0.25, -0.2) is 0 Å². The van der Waals surface area contributed by atoms with E-state index in [-0.39, 0.29) is 17.7 Å². The van der Waals surface area contributed by atoms with Crippen molar-refractivity contribution in [2.24, 2.45) is 0 Å². The Morgan fingerprint density at radius 1 is 1.09 bits per heavy atom. The zero-order valence-electron chi connectivity index (χ0n) is 18.4. The second-order valence-corrected chi connectivity index (χ2v) is 9.00. The fourth-order valence-corrected chi connectivity index (χ4v) is 4.87. The van der Waals surface area contributed by atoms with Crippen LogP contribution >= 0.6 is 22.9 Å². The molecule has 8 heteroatoms. The number of benzene rings is 2. The number of para-hydroxylation sites is 1. The van der Waals surface area contributed by atoms with Gasteiger partial charge in [-0.2, -0.15) is 0 Å². The van der Waals surface area contributed by atoms with Gasteiger partial charge < -0.3 is 15.0 Å². The summed E-state index contributed by atoms with van der Waals surface area (Å²) in [4.78, 5) is 31.0. The van der Waals surface area contributed by atoms with Gasteiger partial charge in [0.05, 0.1) is 0 Å². The van der Waals surface area contributed by atoms with Gasteiger partial charge in [0, 0.05) is 36.7 Å². The number of hydrogen-bond acceptors (Lipinski definition) is 5. The van der Waals surface area contributed by atoms with Crippen molar-refractivity contribution in [2.45, 2.75) is 13.0 Å². The van der Waals surface area contributed by atoms with E-state index in [1.807, 2.05) is 77.9 Å². The van der Waals surface area contributed by atoms with Crippen LogP contribution < -0.4 is 15.0 Å². The molecule has 3 aromatic rings. The van der Waals surface area contributed by atoms with E-state index in [2.05, 4.69) is 5.32 Å². The Labute approximate surface area is 202 Å². The molecule has 0 saturated carbocycles. The van der Waals surface area contributed by atoms with E-state index >= 15 is 0 Å². The number of carbonyl (C=O) groups excluding carboxylic acids is 2. The average molecular weight is 484 g/mol. The lowest BCUT2D eigenvalue weighted by atomic mass is 10.1. The number of anilines is 1. The van der Waals surface area contributed by atoms with E-state index in [9.17, 15) is 9.59 Å². The molecule has 33 heavy (non-hydrogen) atoms. The van der Waals surface area contributed by atoms with Crippen molar-refractivity contribution in [2.75, 3.05) is 37.0 Å². The standard InChI is InChI=1S/C25H26ClN3O3S/c1-18-16-20(32-19-6-3-2-4-7-19)9-10-21(18)29(23(30)17-26)24(22-8-5-15-33-22)25(31)28-13-11-27-12-14-28/h2-10,15-16,24,27H,11-14,17H2,1H3. The first-order chi connectivity index (χ1) is 16.1. The second-order valence-electron chi connectivity index (χ2n) is 7.75. The molecule has 1 aliphatic rings. The number of nitrogens with zero attached hydrogens (tertiary/aromatic N) is 2. The first kappa shape index (κ1) is 23.3. The summed E-state index contributed by atoms with van der Waals surface area (Å²) in [5, 5.41) is 5.18. The minimum Gasteiger partial charge on any atom is -0.457 e. The molecule has 2 amide bonds. The highest BCUT2D eigenvalue weighted by atomic mass is 35.5. The fourth-order valence-electron chi connectivity index (χ4n) is 3.93. The summed E-state index contributed by atoms with van der Waals surface area (Å²) >= 11 is 7.50. The Hall–Kier alpha value is -2.87. The number of nitrogens with one attached hydrogen (secondary N) is 1. The predicted molar refractivity (Wildman–Crippen MR) is 132 cm³/mol. The topological polar surface area (TPSA) is 61.9 Å². The van der Waals surface area contributed by atoms with Crippen molar-refractivity contribution in [1.82, 2.24) is 10.2 Å². The van der Waals surface area contributed by atoms with Gasteiger partial charge in [0.2, 0.25) is 5.91 Å². The molecule has 1 aliphatic heterocycles. The van der Waals surface area contributed by atoms with Crippen LogP contribution in [0.4, 0.5) is 5.69 Å². The van der Waals surface area contributed by atoms with E-state index in [4.69, 9.17) is 16.3 Å². The number of halogens is 1. The lowest BCUT2D eigenvalue weighted by Gasteiger charge is -2.36. The van der Waals surface area contributed by atoms with Gasteiger partial charge in [0.15, 0.2) is 0 Å². The summed E-state index contributed by atoms with van der Waals surface area (Å²) in [7, 11) is 0. The van der Waals surface area contributed by atoms with Gasteiger partial charge in [-0.05, 0) is 54.3 Å².